The second-order valence-electron chi connectivity index (χ2n) is 8.28. The van der Waals surface area contributed by atoms with E-state index < -0.39 is 24.4 Å². The Morgan fingerprint density at radius 1 is 1.10 bits per heavy atom. The summed E-state index contributed by atoms with van der Waals surface area (Å²) in [5.74, 6) is -0.169. The molecule has 0 amide bonds. The van der Waals surface area contributed by atoms with Crippen molar-refractivity contribution in [1.82, 2.24) is 0 Å². The first-order valence-electron chi connectivity index (χ1n) is 10.5. The fraction of sp³-hybridized carbons (Fsp3) is 0.500. The number of aliphatic hydroxyl groups is 3. The van der Waals surface area contributed by atoms with E-state index in [1.165, 1.54) is 11.1 Å². The predicted octanol–water partition coefficient (Wildman–Crippen LogP) is 3.01. The molecule has 4 nitrogen and oxygen atoms in total. The summed E-state index contributed by atoms with van der Waals surface area (Å²) in [6.07, 6.45) is 1.40. The maximum absolute atomic E-state index is 14.3. The van der Waals surface area contributed by atoms with E-state index in [-0.39, 0.29) is 18.8 Å². The molecule has 2 aliphatic rings. The van der Waals surface area contributed by atoms with Gasteiger partial charge in [0, 0.05) is 6.42 Å². The Hall–Kier alpha value is -1.79. The van der Waals surface area contributed by atoms with Crippen molar-refractivity contribution in [3.05, 3.63) is 69.5 Å². The zero-order valence-corrected chi connectivity index (χ0v) is 16.8. The van der Waals surface area contributed by atoms with E-state index in [1.807, 2.05) is 25.1 Å². The van der Waals surface area contributed by atoms with Crippen LogP contribution in [0.4, 0.5) is 4.39 Å². The first-order chi connectivity index (χ1) is 14.0. The van der Waals surface area contributed by atoms with E-state index in [2.05, 4.69) is 6.07 Å². The summed E-state index contributed by atoms with van der Waals surface area (Å²) in [6.45, 7) is 1.75. The number of hydrogen-bond donors (Lipinski definition) is 3. The Balaban J connectivity index is 1.68. The van der Waals surface area contributed by atoms with Crippen molar-refractivity contribution in [2.75, 3.05) is 6.61 Å². The van der Waals surface area contributed by atoms with E-state index in [4.69, 9.17) is 4.74 Å². The molecule has 1 heterocycles. The standard InChI is InChI=1S/C24H29FO4/c1-2-15-7-6-14(9-21(15)25)8-17-11-18(10-16-4-3-5-20(16)17)24-23(28)22(27)12-19(13-26)29-24/h6-7,9-11,19,22-24,26-28H,2-5,8,12-13H2,1H3/t19-,22-,23+,24-/m0/s1. The van der Waals surface area contributed by atoms with Crippen molar-refractivity contribution >= 4 is 0 Å². The molecular weight excluding hydrogens is 371 g/mol. The molecule has 29 heavy (non-hydrogen) atoms. The Morgan fingerprint density at radius 2 is 1.93 bits per heavy atom. The number of aliphatic hydroxyl groups excluding tert-OH is 3. The zero-order chi connectivity index (χ0) is 20.5. The topological polar surface area (TPSA) is 69.9 Å². The Kier molecular flexibility index (Phi) is 6.02. The Morgan fingerprint density at radius 3 is 2.66 bits per heavy atom. The molecule has 4 atom stereocenters. The minimum absolute atomic E-state index is 0.169. The number of hydrogen-bond acceptors (Lipinski definition) is 4. The molecule has 0 saturated carbocycles. The first kappa shape index (κ1) is 20.5. The molecule has 0 bridgehead atoms. The van der Waals surface area contributed by atoms with Crippen molar-refractivity contribution in [3.63, 3.8) is 0 Å². The molecule has 4 rings (SSSR count). The number of rotatable bonds is 5. The van der Waals surface area contributed by atoms with Gasteiger partial charge in [-0.25, -0.2) is 4.39 Å². The van der Waals surface area contributed by atoms with Gasteiger partial charge in [-0.3, -0.25) is 0 Å². The fourth-order valence-electron chi connectivity index (χ4n) is 4.70. The molecule has 1 aliphatic heterocycles. The van der Waals surface area contributed by atoms with Crippen LogP contribution in [0.5, 0.6) is 0 Å². The van der Waals surface area contributed by atoms with Gasteiger partial charge in [-0.1, -0.05) is 31.2 Å². The number of halogens is 1. The van der Waals surface area contributed by atoms with Crippen molar-refractivity contribution in [1.29, 1.82) is 0 Å². The van der Waals surface area contributed by atoms with Crippen molar-refractivity contribution < 1.29 is 24.4 Å². The van der Waals surface area contributed by atoms with Gasteiger partial charge in [0.25, 0.3) is 0 Å². The lowest BCUT2D eigenvalue weighted by Gasteiger charge is -2.37. The van der Waals surface area contributed by atoms with Crippen LogP contribution in [0.3, 0.4) is 0 Å². The summed E-state index contributed by atoms with van der Waals surface area (Å²) in [6, 6.07) is 9.53. The lowest BCUT2D eigenvalue weighted by molar-refractivity contribution is -0.179. The normalized spacial score (nSPS) is 26.5. The summed E-state index contributed by atoms with van der Waals surface area (Å²) in [7, 11) is 0. The maximum atomic E-state index is 14.3. The predicted molar refractivity (Wildman–Crippen MR) is 108 cm³/mol. The lowest BCUT2D eigenvalue weighted by atomic mass is 9.88. The molecule has 0 aromatic heterocycles. The number of ether oxygens (including phenoxy) is 1. The highest BCUT2D eigenvalue weighted by atomic mass is 19.1. The molecule has 1 aliphatic carbocycles. The van der Waals surface area contributed by atoms with Gasteiger partial charge >= 0.3 is 0 Å². The summed E-state index contributed by atoms with van der Waals surface area (Å²) in [5, 5.41) is 30.2. The molecule has 2 aromatic rings. The second kappa shape index (κ2) is 8.52. The molecular formula is C24H29FO4. The quantitative estimate of drug-likeness (QED) is 0.722. The van der Waals surface area contributed by atoms with Crippen LogP contribution in [0.25, 0.3) is 0 Å². The smallest absolute Gasteiger partial charge is 0.126 e. The van der Waals surface area contributed by atoms with Gasteiger partial charge in [0.05, 0.1) is 18.8 Å². The molecule has 156 valence electrons. The van der Waals surface area contributed by atoms with Crippen LogP contribution in [0.1, 0.15) is 59.3 Å². The first-order valence-corrected chi connectivity index (χ1v) is 10.5. The summed E-state index contributed by atoms with van der Waals surface area (Å²) < 4.78 is 20.2. The summed E-state index contributed by atoms with van der Waals surface area (Å²) in [4.78, 5) is 0. The fourth-order valence-corrected chi connectivity index (χ4v) is 4.70. The molecule has 1 saturated heterocycles. The molecule has 3 N–H and O–H groups in total. The van der Waals surface area contributed by atoms with Gasteiger partial charge < -0.3 is 20.1 Å². The number of aryl methyl sites for hydroxylation is 2. The van der Waals surface area contributed by atoms with Gasteiger partial charge in [0.1, 0.15) is 18.0 Å². The molecule has 0 radical (unpaired) electrons. The third kappa shape index (κ3) is 4.10. The van der Waals surface area contributed by atoms with Gasteiger partial charge in [-0.15, -0.1) is 0 Å². The Bertz CT molecular complexity index is 881. The van der Waals surface area contributed by atoms with E-state index in [0.29, 0.717) is 12.8 Å². The highest BCUT2D eigenvalue weighted by Gasteiger charge is 2.38. The second-order valence-corrected chi connectivity index (χ2v) is 8.28. The van der Waals surface area contributed by atoms with E-state index >= 15 is 0 Å². The minimum Gasteiger partial charge on any atom is -0.394 e. The highest BCUT2D eigenvalue weighted by Crippen LogP contribution is 2.36. The van der Waals surface area contributed by atoms with Crippen LogP contribution in [0.2, 0.25) is 0 Å². The summed E-state index contributed by atoms with van der Waals surface area (Å²) >= 11 is 0. The van der Waals surface area contributed by atoms with Crippen molar-refractivity contribution in [2.45, 2.75) is 69.9 Å². The maximum Gasteiger partial charge on any atom is 0.126 e. The third-order valence-corrected chi connectivity index (χ3v) is 6.30. The number of benzene rings is 2. The molecule has 1 fully saturated rings. The molecule has 0 unspecified atom stereocenters. The minimum atomic E-state index is -1.04. The zero-order valence-electron chi connectivity index (χ0n) is 16.8. The van der Waals surface area contributed by atoms with Crippen LogP contribution in [0, 0.1) is 5.82 Å². The summed E-state index contributed by atoms with van der Waals surface area (Å²) in [5.41, 5.74) is 6.11. The van der Waals surface area contributed by atoms with Gasteiger partial charge in [-0.05, 0) is 71.6 Å². The molecule has 2 aromatic carbocycles. The number of fused-ring (bicyclic) bond motifs is 1. The Labute approximate surface area is 171 Å². The van der Waals surface area contributed by atoms with Crippen molar-refractivity contribution in [3.8, 4) is 0 Å². The van der Waals surface area contributed by atoms with Crippen LogP contribution < -0.4 is 0 Å². The average Bonchev–Trinajstić information content (AvgIpc) is 3.19. The molecule has 5 heteroatoms. The lowest BCUT2D eigenvalue weighted by Crippen LogP contribution is -2.44. The monoisotopic (exact) mass is 400 g/mol. The van der Waals surface area contributed by atoms with E-state index in [9.17, 15) is 19.7 Å². The molecule has 0 spiro atoms. The average molecular weight is 400 g/mol. The third-order valence-electron chi connectivity index (χ3n) is 6.30. The van der Waals surface area contributed by atoms with E-state index in [1.54, 1.807) is 6.07 Å². The van der Waals surface area contributed by atoms with Crippen LogP contribution >= 0.6 is 0 Å². The largest absolute Gasteiger partial charge is 0.394 e. The van der Waals surface area contributed by atoms with Crippen LogP contribution in [-0.4, -0.2) is 40.2 Å². The van der Waals surface area contributed by atoms with Crippen LogP contribution in [0.15, 0.2) is 30.3 Å². The van der Waals surface area contributed by atoms with Gasteiger partial charge in [-0.2, -0.15) is 0 Å². The van der Waals surface area contributed by atoms with E-state index in [0.717, 1.165) is 41.5 Å². The SMILES string of the molecule is CCc1ccc(Cc2cc([C@@H]3O[C@H](CO)C[C@H](O)[C@H]3O)cc3c2CCC3)cc1F. The van der Waals surface area contributed by atoms with Crippen LogP contribution in [-0.2, 0) is 30.4 Å². The van der Waals surface area contributed by atoms with Gasteiger partial charge in [0.15, 0.2) is 0 Å². The highest BCUT2D eigenvalue weighted by molar-refractivity contribution is 5.45. The van der Waals surface area contributed by atoms with Gasteiger partial charge in [0.2, 0.25) is 0 Å². The van der Waals surface area contributed by atoms with Crippen molar-refractivity contribution in [2.24, 2.45) is 0 Å².